The predicted octanol–water partition coefficient (Wildman–Crippen LogP) is 6.45. The molecule has 0 aliphatic carbocycles. The van der Waals surface area contributed by atoms with Crippen molar-refractivity contribution in [1.29, 1.82) is 0 Å². The van der Waals surface area contributed by atoms with Gasteiger partial charge in [-0.15, -0.1) is 0 Å². The third kappa shape index (κ3) is 5.30. The molecular formula is C30H30ClN5OS. The highest BCUT2D eigenvalue weighted by molar-refractivity contribution is 7.80. The second kappa shape index (κ2) is 11.0. The van der Waals surface area contributed by atoms with E-state index in [0.29, 0.717) is 23.1 Å². The maximum atomic E-state index is 12.9. The van der Waals surface area contributed by atoms with Gasteiger partial charge in [0, 0.05) is 46.9 Å². The van der Waals surface area contributed by atoms with E-state index in [1.54, 1.807) is 6.20 Å². The Morgan fingerprint density at radius 3 is 2.55 bits per heavy atom. The zero-order valence-corrected chi connectivity index (χ0v) is 23.2. The van der Waals surface area contributed by atoms with Crippen molar-refractivity contribution in [2.24, 2.45) is 0 Å². The van der Waals surface area contributed by atoms with Gasteiger partial charge in [-0.2, -0.15) is 0 Å². The van der Waals surface area contributed by atoms with Crippen molar-refractivity contribution in [2.45, 2.75) is 39.3 Å². The maximum absolute atomic E-state index is 12.9. The lowest BCUT2D eigenvalue weighted by atomic mass is 9.96. The fourth-order valence-electron chi connectivity index (χ4n) is 5.17. The first kappa shape index (κ1) is 25.9. The number of halogens is 1. The summed E-state index contributed by atoms with van der Waals surface area (Å²) in [6.45, 7) is 6.70. The van der Waals surface area contributed by atoms with Crippen LogP contribution < -0.4 is 10.6 Å². The number of anilines is 1. The number of nitrogens with zero attached hydrogens (tertiary/aromatic N) is 3. The van der Waals surface area contributed by atoms with Crippen LogP contribution in [0.4, 0.5) is 5.69 Å². The Bertz CT molecular complexity index is 1470. The van der Waals surface area contributed by atoms with Crippen LogP contribution in [0.3, 0.4) is 0 Å². The number of benzene rings is 2. The summed E-state index contributed by atoms with van der Waals surface area (Å²) in [7, 11) is 0. The first-order valence-electron chi connectivity index (χ1n) is 12.6. The molecule has 0 radical (unpaired) electrons. The molecule has 1 amide bonds. The van der Waals surface area contributed by atoms with Crippen LogP contribution in [0.2, 0.25) is 5.02 Å². The number of hydrogen-bond acceptors (Lipinski definition) is 3. The average molecular weight is 544 g/mol. The van der Waals surface area contributed by atoms with Crippen LogP contribution >= 0.6 is 23.8 Å². The highest BCUT2D eigenvalue weighted by Gasteiger charge is 2.41. The van der Waals surface area contributed by atoms with Gasteiger partial charge in [0.2, 0.25) is 5.91 Å². The minimum absolute atomic E-state index is 0.0545. The number of carbonyl (C=O) groups excluding carboxylic acids is 1. The molecule has 6 nitrogen and oxygen atoms in total. The van der Waals surface area contributed by atoms with Gasteiger partial charge in [-0.25, -0.2) is 0 Å². The molecule has 3 heterocycles. The van der Waals surface area contributed by atoms with Crippen LogP contribution in [0.1, 0.15) is 46.7 Å². The lowest BCUT2D eigenvalue weighted by molar-refractivity contribution is -0.116. The SMILES string of the molecule is Cc1ccc(NC(=O)CCN2C(=S)N[C@@H](c3ccccn3)[C@@H]2c2cc(C)n(-c3cccc(Cl)c3)c2C)cc1. The highest BCUT2D eigenvalue weighted by atomic mass is 35.5. The Hall–Kier alpha value is -3.68. The van der Waals surface area contributed by atoms with Gasteiger partial charge in [0.15, 0.2) is 5.11 Å². The summed E-state index contributed by atoms with van der Waals surface area (Å²) < 4.78 is 2.21. The standard InChI is InChI=1S/C30H30ClN5OS/c1-19-10-12-23(13-11-19)33-27(37)14-16-35-29(28(34-30(35)38)26-9-4-5-15-32-26)25-17-20(2)36(21(25)3)24-8-6-7-22(31)18-24/h4-13,15,17-18,28-29H,14,16H2,1-3H3,(H,33,37)(H,34,38)/t28-,29-/m0/s1. The summed E-state index contributed by atoms with van der Waals surface area (Å²) in [6, 6.07) is 23.5. The third-order valence-corrected chi connectivity index (χ3v) is 7.56. The summed E-state index contributed by atoms with van der Waals surface area (Å²) >= 11 is 12.1. The van der Waals surface area contributed by atoms with Gasteiger partial charge in [0.05, 0.1) is 17.8 Å². The number of hydrogen-bond donors (Lipinski definition) is 2. The molecule has 1 aliphatic rings. The molecule has 0 unspecified atom stereocenters. The molecule has 1 fully saturated rings. The molecule has 0 bridgehead atoms. The monoisotopic (exact) mass is 543 g/mol. The number of pyridine rings is 1. The van der Waals surface area contributed by atoms with E-state index in [1.807, 2.05) is 67.6 Å². The van der Waals surface area contributed by atoms with E-state index in [2.05, 4.69) is 51.1 Å². The van der Waals surface area contributed by atoms with E-state index in [-0.39, 0.29) is 18.0 Å². The van der Waals surface area contributed by atoms with Crippen LogP contribution in [0.25, 0.3) is 5.69 Å². The smallest absolute Gasteiger partial charge is 0.226 e. The van der Waals surface area contributed by atoms with Gasteiger partial charge < -0.3 is 20.1 Å². The molecular weight excluding hydrogens is 514 g/mol. The van der Waals surface area contributed by atoms with E-state index < -0.39 is 0 Å². The van der Waals surface area contributed by atoms with E-state index in [0.717, 1.165) is 39.6 Å². The van der Waals surface area contributed by atoms with Crippen molar-refractivity contribution in [3.8, 4) is 5.69 Å². The minimum Gasteiger partial charge on any atom is -0.352 e. The second-order valence-electron chi connectivity index (χ2n) is 9.63. The van der Waals surface area contributed by atoms with Crippen molar-refractivity contribution in [1.82, 2.24) is 19.8 Å². The minimum atomic E-state index is -0.155. The second-order valence-corrected chi connectivity index (χ2v) is 10.4. The topological polar surface area (TPSA) is 62.2 Å². The summed E-state index contributed by atoms with van der Waals surface area (Å²) in [5.41, 5.74) is 7.16. The normalized spacial score (nSPS) is 16.9. The number of aryl methyl sites for hydroxylation is 2. The number of aromatic nitrogens is 2. The molecule has 2 N–H and O–H groups in total. The van der Waals surface area contributed by atoms with Gasteiger partial charge in [-0.3, -0.25) is 9.78 Å². The molecule has 2 aromatic carbocycles. The van der Waals surface area contributed by atoms with Gasteiger partial charge in [0.1, 0.15) is 0 Å². The Morgan fingerprint density at radius 2 is 1.84 bits per heavy atom. The highest BCUT2D eigenvalue weighted by Crippen LogP contribution is 2.41. The molecule has 1 aliphatic heterocycles. The van der Waals surface area contributed by atoms with Crippen LogP contribution in [0.15, 0.2) is 79.0 Å². The summed E-state index contributed by atoms with van der Waals surface area (Å²) in [5.74, 6) is -0.0545. The van der Waals surface area contributed by atoms with Crippen molar-refractivity contribution >= 4 is 40.5 Å². The molecule has 8 heteroatoms. The molecule has 0 saturated carbocycles. The molecule has 194 valence electrons. The van der Waals surface area contributed by atoms with Crippen LogP contribution in [0, 0.1) is 20.8 Å². The maximum Gasteiger partial charge on any atom is 0.226 e. The lowest BCUT2D eigenvalue weighted by Crippen LogP contribution is -2.32. The molecule has 5 rings (SSSR count). The summed E-state index contributed by atoms with van der Waals surface area (Å²) in [4.78, 5) is 19.6. The van der Waals surface area contributed by atoms with Crippen LogP contribution in [-0.2, 0) is 4.79 Å². The molecule has 0 spiro atoms. The zero-order chi connectivity index (χ0) is 26.8. The lowest BCUT2D eigenvalue weighted by Gasteiger charge is -2.28. The Balaban J connectivity index is 1.46. The molecule has 2 aromatic heterocycles. The van der Waals surface area contributed by atoms with Crippen LogP contribution in [-0.4, -0.2) is 32.0 Å². The molecule has 38 heavy (non-hydrogen) atoms. The van der Waals surface area contributed by atoms with Crippen LogP contribution in [0.5, 0.6) is 0 Å². The van der Waals surface area contributed by atoms with E-state index in [1.165, 1.54) is 0 Å². The first-order chi connectivity index (χ1) is 18.3. The number of amides is 1. The summed E-state index contributed by atoms with van der Waals surface area (Å²) in [6.07, 6.45) is 2.10. The Kier molecular flexibility index (Phi) is 7.49. The van der Waals surface area contributed by atoms with E-state index in [9.17, 15) is 4.79 Å². The Labute approximate surface area is 233 Å². The summed E-state index contributed by atoms with van der Waals surface area (Å²) in [5, 5.41) is 7.78. The number of carbonyl (C=O) groups is 1. The van der Waals surface area contributed by atoms with Crippen molar-refractivity contribution in [3.63, 3.8) is 0 Å². The largest absolute Gasteiger partial charge is 0.352 e. The molecule has 1 saturated heterocycles. The van der Waals surface area contributed by atoms with Gasteiger partial charge in [-0.1, -0.05) is 41.4 Å². The van der Waals surface area contributed by atoms with Crippen molar-refractivity contribution in [3.05, 3.63) is 112 Å². The predicted molar refractivity (Wildman–Crippen MR) is 157 cm³/mol. The average Bonchev–Trinajstić information content (AvgIpc) is 3.39. The fraction of sp³-hybridized carbons (Fsp3) is 0.233. The Morgan fingerprint density at radius 1 is 1.05 bits per heavy atom. The molecule has 4 aromatic rings. The van der Waals surface area contributed by atoms with Gasteiger partial charge in [0.25, 0.3) is 0 Å². The molecule has 2 atom stereocenters. The van der Waals surface area contributed by atoms with Crippen molar-refractivity contribution < 1.29 is 4.79 Å². The number of nitrogens with one attached hydrogen (secondary N) is 2. The number of rotatable bonds is 7. The van der Waals surface area contributed by atoms with Gasteiger partial charge >= 0.3 is 0 Å². The third-order valence-electron chi connectivity index (χ3n) is 6.97. The van der Waals surface area contributed by atoms with Gasteiger partial charge in [-0.05, 0) is 87.1 Å². The van der Waals surface area contributed by atoms with Crippen molar-refractivity contribution in [2.75, 3.05) is 11.9 Å². The fourth-order valence-corrected chi connectivity index (χ4v) is 5.68. The van der Waals surface area contributed by atoms with E-state index >= 15 is 0 Å². The van der Waals surface area contributed by atoms with E-state index in [4.69, 9.17) is 23.8 Å². The quantitative estimate of drug-likeness (QED) is 0.262. The first-order valence-corrected chi connectivity index (χ1v) is 13.4. The zero-order valence-electron chi connectivity index (χ0n) is 21.6. The number of thiocarbonyl (C=S) groups is 1.